The van der Waals surface area contributed by atoms with Gasteiger partial charge in [-0.25, -0.2) is 0 Å². The third-order valence-electron chi connectivity index (χ3n) is 6.25. The van der Waals surface area contributed by atoms with Crippen LogP contribution in [0, 0.1) is 5.92 Å². The molecule has 1 aromatic carbocycles. The fourth-order valence-electron chi connectivity index (χ4n) is 4.57. The van der Waals surface area contributed by atoms with Crippen LogP contribution in [-0.4, -0.2) is 35.6 Å². The smallest absolute Gasteiger partial charge is 0.124 e. The average Bonchev–Trinajstić information content (AvgIpc) is 3.26. The zero-order valence-electron chi connectivity index (χ0n) is 16.9. The van der Waals surface area contributed by atoms with Crippen LogP contribution < -0.4 is 10.1 Å². The summed E-state index contributed by atoms with van der Waals surface area (Å²) in [6.07, 6.45) is 12.0. The number of hydrogen-bond donors (Lipinski definition) is 1. The number of aromatic nitrogens is 1. The third-order valence-corrected chi connectivity index (χ3v) is 6.25. The van der Waals surface area contributed by atoms with Gasteiger partial charge in [0.15, 0.2) is 0 Å². The number of nitrogens with zero attached hydrogens (tertiary/aromatic N) is 2. The Hall–Kier alpha value is -1.91. The van der Waals surface area contributed by atoms with E-state index in [0.29, 0.717) is 12.6 Å². The SMILES string of the molecule is c1cncc(COc2ccccc2CNC2CCN(CC3CCCC3)CC2)c1. The van der Waals surface area contributed by atoms with Crippen molar-refractivity contribution in [3.63, 3.8) is 0 Å². The van der Waals surface area contributed by atoms with Crippen molar-refractivity contribution in [3.8, 4) is 5.75 Å². The molecule has 0 unspecified atom stereocenters. The van der Waals surface area contributed by atoms with Crippen LogP contribution >= 0.6 is 0 Å². The maximum Gasteiger partial charge on any atom is 0.124 e. The van der Waals surface area contributed by atoms with Crippen LogP contribution in [-0.2, 0) is 13.2 Å². The molecule has 0 radical (unpaired) electrons. The van der Waals surface area contributed by atoms with Crippen molar-refractivity contribution in [1.82, 2.24) is 15.2 Å². The van der Waals surface area contributed by atoms with Crippen molar-refractivity contribution in [2.24, 2.45) is 5.92 Å². The molecule has 0 bridgehead atoms. The van der Waals surface area contributed by atoms with E-state index in [1.54, 1.807) is 6.20 Å². The van der Waals surface area contributed by atoms with Gasteiger partial charge in [0.05, 0.1) is 0 Å². The topological polar surface area (TPSA) is 37.4 Å². The standard InChI is InChI=1S/C24H33N3O/c1-2-7-20(6-1)18-27-14-11-23(12-15-27)26-17-22-9-3-4-10-24(22)28-19-21-8-5-13-25-16-21/h3-5,8-10,13,16,20,23,26H,1-2,6-7,11-12,14-15,17-19H2. The van der Waals surface area contributed by atoms with E-state index in [1.165, 1.54) is 63.7 Å². The second kappa shape index (κ2) is 10.0. The molecule has 0 atom stereocenters. The minimum atomic E-state index is 0.560. The molecule has 2 fully saturated rings. The van der Waals surface area contributed by atoms with E-state index >= 15 is 0 Å². The van der Waals surface area contributed by atoms with Crippen molar-refractivity contribution >= 4 is 0 Å². The lowest BCUT2D eigenvalue weighted by Crippen LogP contribution is -2.43. The fourth-order valence-corrected chi connectivity index (χ4v) is 4.57. The Balaban J connectivity index is 1.23. The van der Waals surface area contributed by atoms with Gasteiger partial charge < -0.3 is 15.0 Å². The highest BCUT2D eigenvalue weighted by Crippen LogP contribution is 2.26. The average molecular weight is 380 g/mol. The monoisotopic (exact) mass is 379 g/mol. The van der Waals surface area contributed by atoms with Gasteiger partial charge in [-0.2, -0.15) is 0 Å². The lowest BCUT2D eigenvalue weighted by molar-refractivity contribution is 0.172. The first kappa shape index (κ1) is 19.4. The van der Waals surface area contributed by atoms with Gasteiger partial charge in [0, 0.05) is 42.7 Å². The Labute approximate surface area is 169 Å². The summed E-state index contributed by atoms with van der Waals surface area (Å²) in [5.41, 5.74) is 2.33. The maximum atomic E-state index is 6.07. The second-order valence-electron chi connectivity index (χ2n) is 8.36. The molecule has 2 aliphatic rings. The van der Waals surface area contributed by atoms with Gasteiger partial charge >= 0.3 is 0 Å². The minimum Gasteiger partial charge on any atom is -0.489 e. The Bertz CT molecular complexity index is 707. The summed E-state index contributed by atoms with van der Waals surface area (Å²) < 4.78 is 6.07. The number of benzene rings is 1. The Morgan fingerprint density at radius 2 is 1.82 bits per heavy atom. The number of rotatable bonds is 8. The van der Waals surface area contributed by atoms with Crippen LogP contribution in [0.25, 0.3) is 0 Å². The number of piperidine rings is 1. The van der Waals surface area contributed by atoms with E-state index < -0.39 is 0 Å². The highest BCUT2D eigenvalue weighted by atomic mass is 16.5. The molecule has 2 heterocycles. The first-order chi connectivity index (χ1) is 13.9. The van der Waals surface area contributed by atoms with Gasteiger partial charge in [-0.3, -0.25) is 4.98 Å². The van der Waals surface area contributed by atoms with Gasteiger partial charge in [-0.1, -0.05) is 37.1 Å². The maximum absolute atomic E-state index is 6.07. The van der Waals surface area contributed by atoms with Crippen molar-refractivity contribution in [1.29, 1.82) is 0 Å². The highest BCUT2D eigenvalue weighted by molar-refractivity contribution is 5.33. The van der Waals surface area contributed by atoms with Crippen molar-refractivity contribution in [2.75, 3.05) is 19.6 Å². The van der Waals surface area contributed by atoms with E-state index in [4.69, 9.17) is 4.74 Å². The molecule has 1 N–H and O–H groups in total. The molecule has 0 spiro atoms. The molecule has 28 heavy (non-hydrogen) atoms. The van der Waals surface area contributed by atoms with E-state index in [9.17, 15) is 0 Å². The predicted octanol–water partition coefficient (Wildman–Crippen LogP) is 4.40. The number of para-hydroxylation sites is 1. The van der Waals surface area contributed by atoms with Gasteiger partial charge in [0.2, 0.25) is 0 Å². The van der Waals surface area contributed by atoms with Crippen LogP contribution in [0.2, 0.25) is 0 Å². The highest BCUT2D eigenvalue weighted by Gasteiger charge is 2.23. The number of nitrogens with one attached hydrogen (secondary N) is 1. The molecule has 1 aromatic heterocycles. The molecule has 1 saturated heterocycles. The largest absolute Gasteiger partial charge is 0.489 e. The number of hydrogen-bond acceptors (Lipinski definition) is 4. The van der Waals surface area contributed by atoms with Gasteiger partial charge in [-0.15, -0.1) is 0 Å². The summed E-state index contributed by atoms with van der Waals surface area (Å²) in [4.78, 5) is 6.85. The zero-order valence-corrected chi connectivity index (χ0v) is 16.9. The third kappa shape index (κ3) is 5.55. The molecule has 1 saturated carbocycles. The molecule has 0 amide bonds. The molecule has 4 rings (SSSR count). The molecular formula is C24H33N3O. The summed E-state index contributed by atoms with van der Waals surface area (Å²) >= 11 is 0. The van der Waals surface area contributed by atoms with Crippen LogP contribution in [0.4, 0.5) is 0 Å². The van der Waals surface area contributed by atoms with E-state index in [2.05, 4.69) is 33.4 Å². The molecule has 150 valence electrons. The van der Waals surface area contributed by atoms with Gasteiger partial charge in [0.25, 0.3) is 0 Å². The zero-order chi connectivity index (χ0) is 19.0. The van der Waals surface area contributed by atoms with Crippen LogP contribution in [0.5, 0.6) is 5.75 Å². The summed E-state index contributed by atoms with van der Waals surface area (Å²) in [5, 5.41) is 3.77. The lowest BCUT2D eigenvalue weighted by Gasteiger charge is -2.34. The minimum absolute atomic E-state index is 0.560. The first-order valence-electron chi connectivity index (χ1n) is 10.9. The number of ether oxygens (including phenoxy) is 1. The Morgan fingerprint density at radius 3 is 2.61 bits per heavy atom. The Morgan fingerprint density at radius 1 is 1.00 bits per heavy atom. The normalized spacial score (nSPS) is 19.1. The van der Waals surface area contributed by atoms with Crippen molar-refractivity contribution in [2.45, 2.75) is 57.7 Å². The van der Waals surface area contributed by atoms with E-state index in [0.717, 1.165) is 23.8 Å². The van der Waals surface area contributed by atoms with Crippen molar-refractivity contribution < 1.29 is 4.74 Å². The van der Waals surface area contributed by atoms with Crippen LogP contribution in [0.15, 0.2) is 48.8 Å². The van der Waals surface area contributed by atoms with Gasteiger partial charge in [0.1, 0.15) is 12.4 Å². The number of likely N-dealkylation sites (tertiary alicyclic amines) is 1. The number of pyridine rings is 1. The molecule has 1 aliphatic carbocycles. The molecule has 2 aromatic rings. The Kier molecular flexibility index (Phi) is 6.96. The van der Waals surface area contributed by atoms with Crippen LogP contribution in [0.3, 0.4) is 0 Å². The predicted molar refractivity (Wildman–Crippen MR) is 113 cm³/mol. The first-order valence-corrected chi connectivity index (χ1v) is 10.9. The fraction of sp³-hybridized carbons (Fsp3) is 0.542. The summed E-state index contributed by atoms with van der Waals surface area (Å²) in [7, 11) is 0. The summed E-state index contributed by atoms with van der Waals surface area (Å²) in [6.45, 7) is 5.25. The molecule has 1 aliphatic heterocycles. The quantitative estimate of drug-likeness (QED) is 0.737. The van der Waals surface area contributed by atoms with E-state index in [-0.39, 0.29) is 0 Å². The van der Waals surface area contributed by atoms with E-state index in [1.807, 2.05) is 24.4 Å². The van der Waals surface area contributed by atoms with Crippen molar-refractivity contribution in [3.05, 3.63) is 59.9 Å². The molecule has 4 nitrogen and oxygen atoms in total. The summed E-state index contributed by atoms with van der Waals surface area (Å²) in [6, 6.07) is 13.0. The summed E-state index contributed by atoms with van der Waals surface area (Å²) in [5.74, 6) is 1.94. The lowest BCUT2D eigenvalue weighted by atomic mass is 10.0. The van der Waals surface area contributed by atoms with Gasteiger partial charge in [-0.05, 0) is 56.8 Å². The van der Waals surface area contributed by atoms with Crippen LogP contribution in [0.1, 0.15) is 49.7 Å². The second-order valence-corrected chi connectivity index (χ2v) is 8.36. The molecule has 4 heteroatoms. The molecular weight excluding hydrogens is 346 g/mol.